The molecule has 2 aliphatic rings. The van der Waals surface area contributed by atoms with Crippen LogP contribution in [0.1, 0.15) is 19.8 Å². The summed E-state index contributed by atoms with van der Waals surface area (Å²) in [6, 6.07) is 5.68. The molecule has 9 heteroatoms. The molecule has 0 aliphatic carbocycles. The van der Waals surface area contributed by atoms with Crippen LogP contribution in [0, 0.1) is 5.92 Å². The summed E-state index contributed by atoms with van der Waals surface area (Å²) in [7, 11) is 0. The molecule has 2 aromatic heterocycles. The topological polar surface area (TPSA) is 98.4 Å². The van der Waals surface area contributed by atoms with Crippen molar-refractivity contribution in [1.82, 2.24) is 20.3 Å². The van der Waals surface area contributed by atoms with Crippen molar-refractivity contribution >= 4 is 28.6 Å². The zero-order chi connectivity index (χ0) is 17.5. The van der Waals surface area contributed by atoms with E-state index in [0.29, 0.717) is 28.8 Å². The van der Waals surface area contributed by atoms with E-state index < -0.39 is 0 Å². The summed E-state index contributed by atoms with van der Waals surface area (Å²) in [6.45, 7) is 4.36. The van der Waals surface area contributed by atoms with Crippen LogP contribution in [0.2, 0.25) is 0 Å². The third-order valence-electron chi connectivity index (χ3n) is 4.69. The van der Waals surface area contributed by atoms with Gasteiger partial charge in [-0.1, -0.05) is 6.92 Å². The van der Waals surface area contributed by atoms with E-state index >= 15 is 0 Å². The number of nitrogens with one attached hydrogen (secondary N) is 1. The predicted octanol–water partition coefficient (Wildman–Crippen LogP) is 2.72. The Morgan fingerprint density at radius 2 is 1.96 bits per heavy atom. The molecule has 134 valence electrons. The second-order valence-corrected chi connectivity index (χ2v) is 6.69. The number of hydrogen-bond acceptors (Lipinski definition) is 9. The second-order valence-electron chi connectivity index (χ2n) is 6.69. The molecule has 0 radical (unpaired) electrons. The van der Waals surface area contributed by atoms with Gasteiger partial charge in [-0.05, 0) is 41.2 Å². The molecular weight excluding hydrogens is 336 g/mol. The van der Waals surface area contributed by atoms with E-state index in [0.717, 1.165) is 36.8 Å². The van der Waals surface area contributed by atoms with E-state index in [-0.39, 0.29) is 6.79 Å². The molecule has 3 aromatic rings. The molecule has 5 rings (SSSR count). The molecule has 4 heterocycles. The van der Waals surface area contributed by atoms with Gasteiger partial charge < -0.3 is 19.7 Å². The number of benzene rings is 1. The summed E-state index contributed by atoms with van der Waals surface area (Å²) in [5, 5.41) is 11.0. The molecule has 1 N–H and O–H groups in total. The lowest BCUT2D eigenvalue weighted by Gasteiger charge is -2.32. The number of fused-ring (bicyclic) bond motifs is 2. The first-order valence-electron chi connectivity index (χ1n) is 8.68. The van der Waals surface area contributed by atoms with Crippen molar-refractivity contribution in [2.75, 3.05) is 30.1 Å². The molecule has 1 atom stereocenters. The van der Waals surface area contributed by atoms with Gasteiger partial charge in [0.05, 0.1) is 0 Å². The van der Waals surface area contributed by atoms with E-state index in [1.54, 1.807) is 0 Å². The average Bonchev–Trinajstić information content (AvgIpc) is 3.29. The maximum atomic E-state index is 5.45. The molecule has 0 spiro atoms. The van der Waals surface area contributed by atoms with E-state index in [1.807, 2.05) is 18.2 Å². The predicted molar refractivity (Wildman–Crippen MR) is 93.9 cm³/mol. The van der Waals surface area contributed by atoms with Gasteiger partial charge in [-0.2, -0.15) is 0 Å². The number of ether oxygens (including phenoxy) is 2. The molecule has 0 saturated carbocycles. The summed E-state index contributed by atoms with van der Waals surface area (Å²) in [6.07, 6.45) is 2.35. The van der Waals surface area contributed by atoms with E-state index in [9.17, 15) is 0 Å². The first-order chi connectivity index (χ1) is 12.8. The second kappa shape index (κ2) is 6.01. The largest absolute Gasteiger partial charge is 0.454 e. The Kier molecular flexibility index (Phi) is 3.51. The van der Waals surface area contributed by atoms with Crippen LogP contribution < -0.4 is 19.7 Å². The number of anilines is 3. The standard InChI is InChI=1S/C17H18N6O3/c1-10-3-2-6-23(8-10)17-16(19-14-15(20-17)22-26-21-14)18-11-4-5-12-13(7-11)25-9-24-12/h4-5,7,10H,2-3,6,8-9H2,1H3,(H,18,19,21)/t10-/m0/s1. The lowest BCUT2D eigenvalue weighted by Crippen LogP contribution is -2.35. The molecule has 0 bridgehead atoms. The number of hydrogen-bond donors (Lipinski definition) is 1. The van der Waals surface area contributed by atoms with Crippen molar-refractivity contribution in [2.24, 2.45) is 5.92 Å². The normalized spacial score (nSPS) is 19.1. The Morgan fingerprint density at radius 1 is 1.12 bits per heavy atom. The fourth-order valence-electron chi connectivity index (χ4n) is 3.43. The minimum Gasteiger partial charge on any atom is -0.454 e. The van der Waals surface area contributed by atoms with Crippen LogP contribution in [0.5, 0.6) is 11.5 Å². The van der Waals surface area contributed by atoms with Gasteiger partial charge in [0.2, 0.25) is 18.1 Å². The van der Waals surface area contributed by atoms with Crippen LogP contribution >= 0.6 is 0 Å². The highest BCUT2D eigenvalue weighted by Crippen LogP contribution is 2.36. The maximum absolute atomic E-state index is 5.45. The summed E-state index contributed by atoms with van der Waals surface area (Å²) >= 11 is 0. The number of nitrogens with zero attached hydrogens (tertiary/aromatic N) is 5. The summed E-state index contributed by atoms with van der Waals surface area (Å²) in [5.41, 5.74) is 1.63. The molecule has 0 amide bonds. The number of piperidine rings is 1. The smallest absolute Gasteiger partial charge is 0.245 e. The van der Waals surface area contributed by atoms with Gasteiger partial charge in [0.25, 0.3) is 0 Å². The highest BCUT2D eigenvalue weighted by atomic mass is 16.7. The molecule has 0 unspecified atom stereocenters. The van der Waals surface area contributed by atoms with Gasteiger partial charge >= 0.3 is 0 Å². The Bertz CT molecular complexity index is 959. The number of rotatable bonds is 3. The number of aromatic nitrogens is 4. The van der Waals surface area contributed by atoms with Gasteiger partial charge in [-0.3, -0.25) is 0 Å². The first kappa shape index (κ1) is 15.2. The monoisotopic (exact) mass is 354 g/mol. The van der Waals surface area contributed by atoms with Gasteiger partial charge in [0.1, 0.15) is 0 Å². The maximum Gasteiger partial charge on any atom is 0.245 e. The third-order valence-corrected chi connectivity index (χ3v) is 4.69. The summed E-state index contributed by atoms with van der Waals surface area (Å²) in [5.74, 6) is 3.44. The Morgan fingerprint density at radius 3 is 2.85 bits per heavy atom. The van der Waals surface area contributed by atoms with Gasteiger partial charge in [0, 0.05) is 24.8 Å². The van der Waals surface area contributed by atoms with Gasteiger partial charge in [-0.15, -0.1) is 0 Å². The van der Waals surface area contributed by atoms with Crippen LogP contribution in [0.25, 0.3) is 11.3 Å². The van der Waals surface area contributed by atoms with Crippen molar-refractivity contribution in [2.45, 2.75) is 19.8 Å². The van der Waals surface area contributed by atoms with Crippen LogP contribution in [0.4, 0.5) is 17.3 Å². The lowest BCUT2D eigenvalue weighted by molar-refractivity contribution is 0.174. The van der Waals surface area contributed by atoms with Crippen LogP contribution in [0.3, 0.4) is 0 Å². The highest BCUT2D eigenvalue weighted by Gasteiger charge is 2.23. The Labute approximate surface area is 149 Å². The Hall–Kier alpha value is -3.10. The van der Waals surface area contributed by atoms with E-state index in [4.69, 9.17) is 14.1 Å². The highest BCUT2D eigenvalue weighted by molar-refractivity contribution is 5.77. The van der Waals surface area contributed by atoms with Crippen molar-refractivity contribution in [1.29, 1.82) is 0 Å². The summed E-state index contributed by atoms with van der Waals surface area (Å²) < 4.78 is 15.6. The average molecular weight is 354 g/mol. The fourth-order valence-corrected chi connectivity index (χ4v) is 3.43. The molecule has 26 heavy (non-hydrogen) atoms. The van der Waals surface area contributed by atoms with Crippen LogP contribution in [0.15, 0.2) is 22.8 Å². The zero-order valence-corrected chi connectivity index (χ0v) is 14.3. The SMILES string of the molecule is C[C@H]1CCCN(c2nc3nonc3nc2Nc2ccc3c(c2)OCO3)C1. The van der Waals surface area contributed by atoms with E-state index in [2.05, 4.69) is 37.4 Å². The molecule has 1 saturated heterocycles. The first-order valence-corrected chi connectivity index (χ1v) is 8.68. The minimum absolute atomic E-state index is 0.242. The van der Waals surface area contributed by atoms with E-state index in [1.165, 1.54) is 6.42 Å². The lowest BCUT2D eigenvalue weighted by atomic mass is 10.0. The summed E-state index contributed by atoms with van der Waals surface area (Å²) in [4.78, 5) is 11.4. The van der Waals surface area contributed by atoms with Crippen molar-refractivity contribution in [3.63, 3.8) is 0 Å². The molecule has 9 nitrogen and oxygen atoms in total. The molecular formula is C17H18N6O3. The van der Waals surface area contributed by atoms with Gasteiger partial charge in [0.15, 0.2) is 23.1 Å². The third kappa shape index (κ3) is 2.65. The minimum atomic E-state index is 0.242. The quantitative estimate of drug-likeness (QED) is 0.761. The molecule has 2 aliphatic heterocycles. The fraction of sp³-hybridized carbons (Fsp3) is 0.412. The molecule has 1 aromatic carbocycles. The zero-order valence-electron chi connectivity index (χ0n) is 14.3. The van der Waals surface area contributed by atoms with Crippen molar-refractivity contribution in [3.8, 4) is 11.5 Å². The van der Waals surface area contributed by atoms with Crippen LogP contribution in [-0.2, 0) is 0 Å². The Balaban J connectivity index is 1.53. The van der Waals surface area contributed by atoms with Crippen LogP contribution in [-0.4, -0.2) is 40.2 Å². The van der Waals surface area contributed by atoms with Gasteiger partial charge in [-0.25, -0.2) is 14.6 Å². The molecule has 1 fully saturated rings. The van der Waals surface area contributed by atoms with Crippen molar-refractivity contribution < 1.29 is 14.1 Å². The van der Waals surface area contributed by atoms with Crippen molar-refractivity contribution in [3.05, 3.63) is 18.2 Å².